The van der Waals surface area contributed by atoms with Crippen LogP contribution in [0.1, 0.15) is 6.92 Å². The van der Waals surface area contributed by atoms with Crippen LogP contribution in [0.3, 0.4) is 0 Å². The zero-order valence-corrected chi connectivity index (χ0v) is 10.9. The summed E-state index contributed by atoms with van der Waals surface area (Å²) < 4.78 is 10.0. The van der Waals surface area contributed by atoms with Crippen LogP contribution in [0.4, 0.5) is 5.69 Å². The highest BCUT2D eigenvalue weighted by atomic mass is 35.5. The third-order valence-electron chi connectivity index (χ3n) is 2.60. The van der Waals surface area contributed by atoms with Gasteiger partial charge in [0.25, 0.3) is 5.79 Å². The molecule has 1 aromatic carbocycles. The predicted octanol–water partition coefficient (Wildman–Crippen LogP) is 2.12. The van der Waals surface area contributed by atoms with Crippen molar-refractivity contribution < 1.29 is 19.1 Å². The summed E-state index contributed by atoms with van der Waals surface area (Å²) in [5.41, 5.74) is 0.561. The molecule has 1 aliphatic rings. The number of carbonyl (C=O) groups excluding carboxylic acids is 2. The minimum Gasteiger partial charge on any atom is -0.417 e. The first-order valence-corrected chi connectivity index (χ1v) is 5.93. The van der Waals surface area contributed by atoms with Gasteiger partial charge in [-0.2, -0.15) is 0 Å². The van der Waals surface area contributed by atoms with E-state index in [-0.39, 0.29) is 0 Å². The minimum atomic E-state index is -1.41. The summed E-state index contributed by atoms with van der Waals surface area (Å²) in [6, 6.07) is 5.36. The maximum atomic E-state index is 11.8. The van der Waals surface area contributed by atoms with Crippen LogP contribution in [0.5, 0.6) is 0 Å². The molecule has 0 spiro atoms. The lowest BCUT2D eigenvalue weighted by molar-refractivity contribution is -0.223. The Morgan fingerprint density at radius 3 is 2.26 bits per heavy atom. The van der Waals surface area contributed by atoms with Gasteiger partial charge in [-0.15, -0.1) is 0 Å². The largest absolute Gasteiger partial charge is 0.417 e. The van der Waals surface area contributed by atoms with Gasteiger partial charge in [-0.1, -0.05) is 18.2 Å². The average Bonchev–Trinajstić information content (AvgIpc) is 2.36. The van der Waals surface area contributed by atoms with Gasteiger partial charge < -0.3 is 14.8 Å². The fourth-order valence-corrected chi connectivity index (χ4v) is 1.67. The zero-order chi connectivity index (χ0) is 14.0. The summed E-state index contributed by atoms with van der Waals surface area (Å²) in [6.07, 6.45) is 1.25. The summed E-state index contributed by atoms with van der Waals surface area (Å²) in [6.45, 7) is 4.89. The number of hydrogen-bond acceptors (Lipinski definition) is 5. The topological polar surface area (TPSA) is 64.6 Å². The van der Waals surface area contributed by atoms with Crippen molar-refractivity contribution in [3.05, 3.63) is 41.9 Å². The van der Waals surface area contributed by atoms with Crippen LogP contribution in [0.15, 0.2) is 36.9 Å². The Kier molecular flexibility index (Phi) is 3.48. The Balaban J connectivity index is 2.13. The van der Waals surface area contributed by atoms with Gasteiger partial charge in [-0.3, -0.25) is 0 Å². The monoisotopic (exact) mass is 281 g/mol. The van der Waals surface area contributed by atoms with Gasteiger partial charge in [0.2, 0.25) is 6.04 Å². The Bertz CT molecular complexity index is 508. The Hall–Kier alpha value is -2.01. The van der Waals surface area contributed by atoms with E-state index in [0.29, 0.717) is 10.7 Å². The van der Waals surface area contributed by atoms with Crippen LogP contribution in [0, 0.1) is 0 Å². The van der Waals surface area contributed by atoms with E-state index in [0.717, 1.165) is 0 Å². The SMILES string of the molecule is C=CC1(C)OC(=O)C(Nc2ccc(Cl)cc2)C(=O)O1. The number of nitrogens with one attached hydrogen (secondary N) is 1. The zero-order valence-electron chi connectivity index (χ0n) is 10.2. The minimum absolute atomic E-state index is 0.554. The molecular weight excluding hydrogens is 270 g/mol. The number of cyclic esters (lactones) is 2. The van der Waals surface area contributed by atoms with Crippen LogP contribution in [-0.2, 0) is 19.1 Å². The van der Waals surface area contributed by atoms with E-state index in [1.165, 1.54) is 13.0 Å². The average molecular weight is 282 g/mol. The molecule has 1 fully saturated rings. The van der Waals surface area contributed by atoms with Gasteiger partial charge >= 0.3 is 11.9 Å². The standard InChI is InChI=1S/C13H12ClNO4/c1-3-13(2)18-11(16)10(12(17)19-13)15-9-6-4-8(14)5-7-9/h3-7,10,15H,1H2,2H3. The van der Waals surface area contributed by atoms with E-state index < -0.39 is 23.8 Å². The molecule has 2 rings (SSSR count). The van der Waals surface area contributed by atoms with E-state index in [4.69, 9.17) is 21.1 Å². The molecule has 19 heavy (non-hydrogen) atoms. The quantitative estimate of drug-likeness (QED) is 0.522. The lowest BCUT2D eigenvalue weighted by atomic mass is 10.2. The molecule has 0 saturated carbocycles. The van der Waals surface area contributed by atoms with E-state index in [9.17, 15) is 9.59 Å². The Labute approximate surface area is 115 Å². The van der Waals surface area contributed by atoms with Crippen LogP contribution in [0.25, 0.3) is 0 Å². The molecule has 100 valence electrons. The molecule has 0 radical (unpaired) electrons. The van der Waals surface area contributed by atoms with Crippen molar-refractivity contribution in [2.75, 3.05) is 5.32 Å². The molecule has 0 aromatic heterocycles. The van der Waals surface area contributed by atoms with Crippen molar-refractivity contribution in [2.24, 2.45) is 0 Å². The van der Waals surface area contributed by atoms with Crippen LogP contribution in [0.2, 0.25) is 5.02 Å². The van der Waals surface area contributed by atoms with Crippen molar-refractivity contribution in [1.29, 1.82) is 0 Å². The number of hydrogen-bond donors (Lipinski definition) is 1. The van der Waals surface area contributed by atoms with Gasteiger partial charge in [0.15, 0.2) is 0 Å². The Morgan fingerprint density at radius 2 is 1.79 bits per heavy atom. The van der Waals surface area contributed by atoms with Crippen molar-refractivity contribution in [2.45, 2.75) is 18.8 Å². The highest BCUT2D eigenvalue weighted by Gasteiger charge is 2.44. The van der Waals surface area contributed by atoms with E-state index in [1.54, 1.807) is 24.3 Å². The van der Waals surface area contributed by atoms with Crippen LogP contribution < -0.4 is 5.32 Å². The molecule has 0 bridgehead atoms. The summed E-state index contributed by atoms with van der Waals surface area (Å²) in [7, 11) is 0. The van der Waals surface area contributed by atoms with Crippen molar-refractivity contribution in [3.63, 3.8) is 0 Å². The first-order chi connectivity index (χ1) is 8.93. The third kappa shape index (κ3) is 2.88. The second-order valence-electron chi connectivity index (χ2n) is 4.15. The Morgan fingerprint density at radius 1 is 1.26 bits per heavy atom. The van der Waals surface area contributed by atoms with Crippen molar-refractivity contribution in [3.8, 4) is 0 Å². The fourth-order valence-electron chi connectivity index (χ4n) is 1.55. The highest BCUT2D eigenvalue weighted by molar-refractivity contribution is 6.30. The molecule has 0 unspecified atom stereocenters. The molecule has 1 heterocycles. The maximum Gasteiger partial charge on any atom is 0.343 e. The van der Waals surface area contributed by atoms with Gasteiger partial charge in [0.1, 0.15) is 0 Å². The number of rotatable bonds is 3. The predicted molar refractivity (Wildman–Crippen MR) is 69.6 cm³/mol. The van der Waals surface area contributed by atoms with Crippen molar-refractivity contribution in [1.82, 2.24) is 0 Å². The second-order valence-corrected chi connectivity index (χ2v) is 4.58. The second kappa shape index (κ2) is 4.93. The number of ether oxygens (including phenoxy) is 2. The smallest absolute Gasteiger partial charge is 0.343 e. The lowest BCUT2D eigenvalue weighted by Crippen LogP contribution is -2.53. The van der Waals surface area contributed by atoms with Gasteiger partial charge in [0, 0.05) is 17.6 Å². The molecule has 0 aliphatic carbocycles. The molecule has 1 aromatic rings. The van der Waals surface area contributed by atoms with Crippen molar-refractivity contribution >= 4 is 29.2 Å². The number of halogens is 1. The van der Waals surface area contributed by atoms with E-state index in [2.05, 4.69) is 11.9 Å². The molecule has 1 saturated heterocycles. The summed E-state index contributed by atoms with van der Waals surface area (Å²) in [5, 5.41) is 3.28. The molecule has 0 amide bonds. The maximum absolute atomic E-state index is 11.8. The number of benzene rings is 1. The molecule has 0 atom stereocenters. The van der Waals surface area contributed by atoms with Gasteiger partial charge in [-0.25, -0.2) is 9.59 Å². The highest BCUT2D eigenvalue weighted by Crippen LogP contribution is 2.23. The molecule has 5 nitrogen and oxygen atoms in total. The first kappa shape index (κ1) is 13.4. The molecule has 1 aliphatic heterocycles. The fraction of sp³-hybridized carbons (Fsp3) is 0.231. The van der Waals surface area contributed by atoms with Crippen LogP contribution in [-0.4, -0.2) is 23.8 Å². The van der Waals surface area contributed by atoms with E-state index >= 15 is 0 Å². The third-order valence-corrected chi connectivity index (χ3v) is 2.86. The molecular formula is C13H12ClNO4. The number of carbonyl (C=O) groups is 2. The normalized spacial score (nSPS) is 26.3. The molecule has 1 N–H and O–H groups in total. The number of anilines is 1. The van der Waals surface area contributed by atoms with Crippen LogP contribution >= 0.6 is 11.6 Å². The molecule has 6 heteroatoms. The summed E-state index contributed by atoms with van der Waals surface area (Å²) >= 11 is 5.75. The van der Waals surface area contributed by atoms with Gasteiger partial charge in [-0.05, 0) is 30.3 Å². The lowest BCUT2D eigenvalue weighted by Gasteiger charge is -2.33. The summed E-state index contributed by atoms with van der Waals surface area (Å²) in [5.74, 6) is -2.84. The number of esters is 2. The van der Waals surface area contributed by atoms with E-state index in [1.807, 2.05) is 0 Å². The van der Waals surface area contributed by atoms with Gasteiger partial charge in [0.05, 0.1) is 0 Å². The summed E-state index contributed by atoms with van der Waals surface area (Å²) in [4.78, 5) is 23.6. The first-order valence-electron chi connectivity index (χ1n) is 5.55.